The van der Waals surface area contributed by atoms with Crippen molar-refractivity contribution in [1.29, 1.82) is 0 Å². The van der Waals surface area contributed by atoms with E-state index in [1.807, 2.05) is 38.1 Å². The fourth-order valence-electron chi connectivity index (χ4n) is 3.80. The number of carbonyl (C=O) groups is 1. The van der Waals surface area contributed by atoms with Crippen molar-refractivity contribution in [2.45, 2.75) is 51.7 Å². The number of hydrogen-bond acceptors (Lipinski definition) is 5. The number of ether oxygens (including phenoxy) is 1. The number of nitrogens with one attached hydrogen (secondary N) is 1. The molecule has 0 aliphatic heterocycles. The largest absolute Gasteiger partial charge is 0.379 e. The van der Waals surface area contributed by atoms with Gasteiger partial charge >= 0.3 is 0 Å². The molecule has 3 aromatic rings. The third kappa shape index (κ3) is 3.75. The van der Waals surface area contributed by atoms with Crippen LogP contribution >= 0.6 is 0 Å². The van der Waals surface area contributed by atoms with E-state index in [4.69, 9.17) is 4.74 Å². The fraction of sp³-hybridized carbons (Fsp3) is 0.429. The van der Waals surface area contributed by atoms with Crippen LogP contribution in [-0.4, -0.2) is 44.4 Å². The Morgan fingerprint density at radius 3 is 2.61 bits per heavy atom. The van der Waals surface area contributed by atoms with Crippen LogP contribution < -0.4 is 5.32 Å². The first-order valence-corrected chi connectivity index (χ1v) is 9.85. The van der Waals surface area contributed by atoms with Crippen LogP contribution in [0, 0.1) is 6.92 Å². The molecule has 0 atom stereocenters. The van der Waals surface area contributed by atoms with E-state index in [0.717, 1.165) is 48.9 Å². The normalized spacial score (nSPS) is 19.6. The van der Waals surface area contributed by atoms with Gasteiger partial charge in [0, 0.05) is 30.4 Å². The van der Waals surface area contributed by atoms with Crippen LogP contribution in [0.5, 0.6) is 0 Å². The first-order valence-electron chi connectivity index (χ1n) is 9.85. The van der Waals surface area contributed by atoms with E-state index >= 15 is 0 Å². The van der Waals surface area contributed by atoms with Crippen LogP contribution in [0.2, 0.25) is 0 Å². The quantitative estimate of drug-likeness (QED) is 0.736. The van der Waals surface area contributed by atoms with Crippen molar-refractivity contribution in [3.63, 3.8) is 0 Å². The average molecular weight is 379 g/mol. The van der Waals surface area contributed by atoms with Crippen LogP contribution in [0.1, 0.15) is 48.7 Å². The molecule has 2 heterocycles. The number of fused-ring (bicyclic) bond motifs is 1. The van der Waals surface area contributed by atoms with Crippen molar-refractivity contribution in [2.24, 2.45) is 0 Å². The van der Waals surface area contributed by atoms with Gasteiger partial charge in [-0.2, -0.15) is 9.78 Å². The SMILES string of the molecule is CCOC1CCC(NC(=O)c2cnc(-n3nc(C)c4ccccc43)nc2)CC1. The molecular weight excluding hydrogens is 354 g/mol. The van der Waals surface area contributed by atoms with Crippen LogP contribution in [0.25, 0.3) is 16.9 Å². The summed E-state index contributed by atoms with van der Waals surface area (Å²) in [6.45, 7) is 4.72. The molecular formula is C21H25N5O2. The van der Waals surface area contributed by atoms with Gasteiger partial charge in [-0.05, 0) is 45.6 Å². The van der Waals surface area contributed by atoms with Gasteiger partial charge in [-0.1, -0.05) is 18.2 Å². The molecule has 0 spiro atoms. The molecule has 0 bridgehead atoms. The molecule has 1 aromatic carbocycles. The van der Waals surface area contributed by atoms with Crippen molar-refractivity contribution in [3.05, 3.63) is 47.9 Å². The highest BCUT2D eigenvalue weighted by Gasteiger charge is 2.23. The number of hydrogen-bond donors (Lipinski definition) is 1. The number of aromatic nitrogens is 4. The smallest absolute Gasteiger partial charge is 0.254 e. The Labute approximate surface area is 164 Å². The Hall–Kier alpha value is -2.80. The molecule has 1 amide bonds. The van der Waals surface area contributed by atoms with Crippen LogP contribution in [0.3, 0.4) is 0 Å². The van der Waals surface area contributed by atoms with E-state index in [-0.39, 0.29) is 11.9 Å². The van der Waals surface area contributed by atoms with Crippen molar-refractivity contribution >= 4 is 16.8 Å². The Kier molecular flexibility index (Phi) is 5.34. The highest BCUT2D eigenvalue weighted by molar-refractivity contribution is 5.93. The van der Waals surface area contributed by atoms with Crippen LogP contribution in [0.4, 0.5) is 0 Å². The number of rotatable bonds is 5. The summed E-state index contributed by atoms with van der Waals surface area (Å²) in [4.78, 5) is 21.3. The van der Waals surface area contributed by atoms with Crippen LogP contribution in [0.15, 0.2) is 36.7 Å². The van der Waals surface area contributed by atoms with E-state index in [1.54, 1.807) is 17.1 Å². The zero-order valence-electron chi connectivity index (χ0n) is 16.3. The summed E-state index contributed by atoms with van der Waals surface area (Å²) in [7, 11) is 0. The summed E-state index contributed by atoms with van der Waals surface area (Å²) < 4.78 is 7.38. The Balaban J connectivity index is 1.44. The summed E-state index contributed by atoms with van der Waals surface area (Å²) in [5.74, 6) is 0.325. The number of benzene rings is 1. The lowest BCUT2D eigenvalue weighted by Crippen LogP contribution is -2.39. The molecule has 7 heteroatoms. The van der Waals surface area contributed by atoms with Gasteiger partial charge in [0.2, 0.25) is 0 Å². The maximum atomic E-state index is 12.5. The maximum absolute atomic E-state index is 12.5. The molecule has 2 aromatic heterocycles. The Bertz CT molecular complexity index is 959. The number of carbonyl (C=O) groups excluding carboxylic acids is 1. The fourth-order valence-corrected chi connectivity index (χ4v) is 3.80. The monoisotopic (exact) mass is 379 g/mol. The Morgan fingerprint density at radius 2 is 1.89 bits per heavy atom. The second kappa shape index (κ2) is 8.06. The third-order valence-corrected chi connectivity index (χ3v) is 5.27. The second-order valence-corrected chi connectivity index (χ2v) is 7.19. The van der Waals surface area contributed by atoms with Gasteiger partial charge in [0.1, 0.15) is 0 Å². The van der Waals surface area contributed by atoms with E-state index in [9.17, 15) is 4.79 Å². The van der Waals surface area contributed by atoms with Gasteiger partial charge in [-0.15, -0.1) is 0 Å². The van der Waals surface area contributed by atoms with Gasteiger partial charge in [-0.3, -0.25) is 4.79 Å². The molecule has 7 nitrogen and oxygen atoms in total. The summed E-state index contributed by atoms with van der Waals surface area (Å²) >= 11 is 0. The predicted octanol–water partition coefficient (Wildman–Crippen LogP) is 3.20. The molecule has 0 unspecified atom stereocenters. The molecule has 0 saturated heterocycles. The first kappa shape index (κ1) is 18.6. The number of para-hydroxylation sites is 1. The zero-order valence-corrected chi connectivity index (χ0v) is 16.3. The molecule has 1 aliphatic rings. The van der Waals surface area contributed by atoms with E-state index < -0.39 is 0 Å². The maximum Gasteiger partial charge on any atom is 0.254 e. The van der Waals surface area contributed by atoms with Crippen LogP contribution in [-0.2, 0) is 4.74 Å². The second-order valence-electron chi connectivity index (χ2n) is 7.19. The highest BCUT2D eigenvalue weighted by Crippen LogP contribution is 2.22. The molecule has 1 fully saturated rings. The van der Waals surface area contributed by atoms with Gasteiger partial charge in [0.05, 0.1) is 22.9 Å². The van der Waals surface area contributed by atoms with E-state index in [0.29, 0.717) is 17.6 Å². The topological polar surface area (TPSA) is 81.9 Å². The molecule has 1 aliphatic carbocycles. The average Bonchev–Trinajstić information content (AvgIpc) is 3.07. The van der Waals surface area contributed by atoms with Gasteiger partial charge in [0.15, 0.2) is 0 Å². The summed E-state index contributed by atoms with van der Waals surface area (Å²) in [5.41, 5.74) is 2.33. The van der Waals surface area contributed by atoms with Crippen molar-refractivity contribution in [1.82, 2.24) is 25.1 Å². The minimum absolute atomic E-state index is 0.132. The van der Waals surface area contributed by atoms with E-state index in [1.165, 1.54) is 0 Å². The number of amides is 1. The molecule has 28 heavy (non-hydrogen) atoms. The molecule has 1 N–H and O–H groups in total. The standard InChI is InChI=1S/C21H25N5O2/c1-3-28-17-10-8-16(9-11-17)24-20(27)15-12-22-21(23-13-15)26-19-7-5-4-6-18(19)14(2)25-26/h4-7,12-13,16-17H,3,8-11H2,1-2H3,(H,24,27). The first-order chi connectivity index (χ1) is 13.7. The summed E-state index contributed by atoms with van der Waals surface area (Å²) in [6.07, 6.45) is 7.31. The minimum Gasteiger partial charge on any atom is -0.379 e. The van der Waals surface area contributed by atoms with Crippen molar-refractivity contribution in [2.75, 3.05) is 6.61 Å². The molecule has 4 rings (SSSR count). The molecule has 0 radical (unpaired) electrons. The number of aryl methyl sites for hydroxylation is 1. The van der Waals surface area contributed by atoms with Crippen molar-refractivity contribution in [3.8, 4) is 5.95 Å². The Morgan fingerprint density at radius 1 is 1.18 bits per heavy atom. The number of nitrogens with zero attached hydrogens (tertiary/aromatic N) is 4. The zero-order chi connectivity index (χ0) is 19.5. The molecule has 1 saturated carbocycles. The lowest BCUT2D eigenvalue weighted by atomic mass is 9.93. The summed E-state index contributed by atoms with van der Waals surface area (Å²) in [5, 5.41) is 8.69. The summed E-state index contributed by atoms with van der Waals surface area (Å²) in [6, 6.07) is 8.13. The predicted molar refractivity (Wildman–Crippen MR) is 107 cm³/mol. The lowest BCUT2D eigenvalue weighted by Gasteiger charge is -2.28. The third-order valence-electron chi connectivity index (χ3n) is 5.27. The van der Waals surface area contributed by atoms with Gasteiger partial charge in [0.25, 0.3) is 11.9 Å². The lowest BCUT2D eigenvalue weighted by molar-refractivity contribution is 0.0300. The van der Waals surface area contributed by atoms with Gasteiger partial charge in [-0.25, -0.2) is 9.97 Å². The van der Waals surface area contributed by atoms with E-state index in [2.05, 4.69) is 20.4 Å². The van der Waals surface area contributed by atoms with Crippen molar-refractivity contribution < 1.29 is 9.53 Å². The van der Waals surface area contributed by atoms with Gasteiger partial charge < -0.3 is 10.1 Å². The molecule has 146 valence electrons. The highest BCUT2D eigenvalue weighted by atomic mass is 16.5. The minimum atomic E-state index is -0.132.